The Labute approximate surface area is 81.6 Å². The molecule has 0 atom stereocenters. The molecule has 74 valence electrons. The molecule has 6 heteroatoms. The van der Waals surface area contributed by atoms with E-state index in [4.69, 9.17) is 0 Å². The fourth-order valence-corrected chi connectivity index (χ4v) is 1.30. The number of anilines is 1. The van der Waals surface area contributed by atoms with Crippen LogP contribution in [0.5, 0.6) is 0 Å². The van der Waals surface area contributed by atoms with Gasteiger partial charge in [-0.1, -0.05) is 0 Å². The molecule has 2 heterocycles. The monoisotopic (exact) mass is 192 g/mol. The molecule has 0 unspecified atom stereocenters. The van der Waals surface area contributed by atoms with Crippen molar-refractivity contribution in [3.8, 4) is 11.5 Å². The van der Waals surface area contributed by atoms with Gasteiger partial charge in [-0.25, -0.2) is 4.98 Å². The summed E-state index contributed by atoms with van der Waals surface area (Å²) in [5.41, 5.74) is 0.823. The van der Waals surface area contributed by atoms with E-state index in [2.05, 4.69) is 20.5 Å². The Kier molecular flexibility index (Phi) is 1.95. The number of hydrogen-bond acceptors (Lipinski definition) is 4. The minimum Gasteiger partial charge on any atom is -0.357 e. The lowest BCUT2D eigenvalue weighted by Gasteiger charge is -1.99. The predicted octanol–water partition coefficient (Wildman–Crippen LogP) is 0.257. The number of aromatic nitrogens is 5. The molecule has 2 aromatic heterocycles. The second kappa shape index (κ2) is 3.13. The van der Waals surface area contributed by atoms with Gasteiger partial charge < -0.3 is 9.88 Å². The molecule has 0 spiro atoms. The van der Waals surface area contributed by atoms with Crippen molar-refractivity contribution >= 4 is 5.95 Å². The fraction of sp³-hybridized carbons (Fsp3) is 0.375. The van der Waals surface area contributed by atoms with Gasteiger partial charge in [-0.3, -0.25) is 4.57 Å². The summed E-state index contributed by atoms with van der Waals surface area (Å²) in [5, 5.41) is 11.0. The smallest absolute Gasteiger partial charge is 0.224 e. The molecule has 2 rings (SSSR count). The summed E-state index contributed by atoms with van der Waals surface area (Å²) in [6.45, 7) is 0. The normalized spacial score (nSPS) is 10.5. The summed E-state index contributed by atoms with van der Waals surface area (Å²) >= 11 is 0. The van der Waals surface area contributed by atoms with Crippen LogP contribution in [0.4, 0.5) is 5.95 Å². The van der Waals surface area contributed by atoms with E-state index in [1.807, 2.05) is 36.5 Å². The van der Waals surface area contributed by atoms with Crippen LogP contribution in [0.25, 0.3) is 11.5 Å². The number of rotatable bonds is 2. The van der Waals surface area contributed by atoms with E-state index >= 15 is 0 Å². The van der Waals surface area contributed by atoms with Gasteiger partial charge in [0.05, 0.1) is 6.33 Å². The largest absolute Gasteiger partial charge is 0.357 e. The van der Waals surface area contributed by atoms with Gasteiger partial charge in [0.2, 0.25) is 5.95 Å². The van der Waals surface area contributed by atoms with Crippen LogP contribution in [0.3, 0.4) is 0 Å². The molecule has 0 aliphatic heterocycles. The average molecular weight is 192 g/mol. The zero-order valence-electron chi connectivity index (χ0n) is 8.39. The molecular formula is C8H12N6. The first-order chi connectivity index (χ1) is 6.72. The minimum atomic E-state index is 0.727. The second-order valence-electron chi connectivity index (χ2n) is 3.08. The van der Waals surface area contributed by atoms with E-state index in [0.717, 1.165) is 17.5 Å². The van der Waals surface area contributed by atoms with E-state index in [-0.39, 0.29) is 0 Å². The molecule has 0 aromatic carbocycles. The molecule has 1 N–H and O–H groups in total. The minimum absolute atomic E-state index is 0.727. The third kappa shape index (κ3) is 1.24. The first kappa shape index (κ1) is 8.74. The summed E-state index contributed by atoms with van der Waals surface area (Å²) < 4.78 is 3.74. The average Bonchev–Trinajstić information content (AvgIpc) is 2.72. The van der Waals surface area contributed by atoms with E-state index in [1.165, 1.54) is 0 Å². The Hall–Kier alpha value is -1.85. The van der Waals surface area contributed by atoms with E-state index in [9.17, 15) is 0 Å². The van der Waals surface area contributed by atoms with Crippen molar-refractivity contribution in [2.24, 2.45) is 14.1 Å². The molecule has 6 nitrogen and oxygen atoms in total. The second-order valence-corrected chi connectivity index (χ2v) is 3.08. The lowest BCUT2D eigenvalue weighted by Crippen LogP contribution is -1.99. The van der Waals surface area contributed by atoms with E-state index < -0.39 is 0 Å². The van der Waals surface area contributed by atoms with E-state index in [0.29, 0.717) is 0 Å². The molecule has 0 saturated heterocycles. The van der Waals surface area contributed by atoms with Crippen molar-refractivity contribution in [3.63, 3.8) is 0 Å². The maximum absolute atomic E-state index is 4.21. The number of nitrogens with one attached hydrogen (secondary N) is 1. The quantitative estimate of drug-likeness (QED) is 0.741. The fourth-order valence-electron chi connectivity index (χ4n) is 1.30. The van der Waals surface area contributed by atoms with Crippen LogP contribution in [-0.2, 0) is 14.1 Å². The van der Waals surface area contributed by atoms with Crippen molar-refractivity contribution in [1.82, 2.24) is 24.3 Å². The predicted molar refractivity (Wildman–Crippen MR) is 52.8 cm³/mol. The SMILES string of the molecule is CNc1nnc(-c2cn(C)cn2)n1C. The van der Waals surface area contributed by atoms with Gasteiger partial charge in [-0.2, -0.15) is 0 Å². The van der Waals surface area contributed by atoms with Gasteiger partial charge in [0.15, 0.2) is 5.82 Å². The number of aryl methyl sites for hydroxylation is 1. The summed E-state index contributed by atoms with van der Waals surface area (Å²) in [7, 11) is 5.63. The van der Waals surface area contributed by atoms with Gasteiger partial charge >= 0.3 is 0 Å². The van der Waals surface area contributed by atoms with Crippen molar-refractivity contribution < 1.29 is 0 Å². The van der Waals surface area contributed by atoms with Crippen LogP contribution < -0.4 is 5.32 Å². The molecule has 0 amide bonds. The van der Waals surface area contributed by atoms with Crippen LogP contribution in [0.1, 0.15) is 0 Å². The van der Waals surface area contributed by atoms with Gasteiger partial charge in [-0.15, -0.1) is 10.2 Å². The standard InChI is InChI=1S/C8H12N6/c1-9-8-12-11-7(14(8)3)6-4-13(2)5-10-6/h4-5H,1-3H3,(H,9,12). The number of nitrogens with zero attached hydrogens (tertiary/aromatic N) is 5. The highest BCUT2D eigenvalue weighted by Gasteiger charge is 2.10. The first-order valence-corrected chi connectivity index (χ1v) is 4.28. The molecule has 0 aliphatic rings. The van der Waals surface area contributed by atoms with E-state index in [1.54, 1.807) is 6.33 Å². The zero-order valence-corrected chi connectivity index (χ0v) is 8.39. The Bertz CT molecular complexity index is 440. The summed E-state index contributed by atoms with van der Waals surface area (Å²) in [6, 6.07) is 0. The van der Waals surface area contributed by atoms with Crippen LogP contribution in [0, 0.1) is 0 Å². The topological polar surface area (TPSA) is 60.6 Å². The molecule has 2 aromatic rings. The summed E-state index contributed by atoms with van der Waals surface area (Å²) in [5.74, 6) is 1.49. The summed E-state index contributed by atoms with van der Waals surface area (Å²) in [6.07, 6.45) is 3.65. The third-order valence-electron chi connectivity index (χ3n) is 2.03. The highest BCUT2D eigenvalue weighted by molar-refractivity contribution is 5.50. The van der Waals surface area contributed by atoms with Gasteiger partial charge in [0.1, 0.15) is 5.69 Å². The van der Waals surface area contributed by atoms with Gasteiger partial charge in [-0.05, 0) is 0 Å². The van der Waals surface area contributed by atoms with Crippen molar-refractivity contribution in [3.05, 3.63) is 12.5 Å². The van der Waals surface area contributed by atoms with Crippen molar-refractivity contribution in [2.75, 3.05) is 12.4 Å². The maximum Gasteiger partial charge on any atom is 0.224 e. The molecular weight excluding hydrogens is 180 g/mol. The lowest BCUT2D eigenvalue weighted by atomic mass is 10.4. The molecule has 0 fully saturated rings. The third-order valence-corrected chi connectivity index (χ3v) is 2.03. The van der Waals surface area contributed by atoms with Crippen molar-refractivity contribution in [2.45, 2.75) is 0 Å². The molecule has 14 heavy (non-hydrogen) atoms. The Balaban J connectivity index is 2.46. The van der Waals surface area contributed by atoms with Crippen LogP contribution in [-0.4, -0.2) is 31.4 Å². The van der Waals surface area contributed by atoms with Gasteiger partial charge in [0.25, 0.3) is 0 Å². The Morgan fingerprint density at radius 1 is 1.29 bits per heavy atom. The van der Waals surface area contributed by atoms with Crippen LogP contribution >= 0.6 is 0 Å². The number of hydrogen-bond donors (Lipinski definition) is 1. The molecule has 0 radical (unpaired) electrons. The van der Waals surface area contributed by atoms with Crippen molar-refractivity contribution in [1.29, 1.82) is 0 Å². The molecule has 0 aliphatic carbocycles. The first-order valence-electron chi connectivity index (χ1n) is 4.28. The Morgan fingerprint density at radius 3 is 2.57 bits per heavy atom. The summed E-state index contributed by atoms with van der Waals surface area (Å²) in [4.78, 5) is 4.21. The highest BCUT2D eigenvalue weighted by Crippen LogP contribution is 2.15. The van der Waals surface area contributed by atoms with Crippen LogP contribution in [0.2, 0.25) is 0 Å². The number of imidazole rings is 1. The molecule has 0 saturated carbocycles. The maximum atomic E-state index is 4.21. The molecule has 0 bridgehead atoms. The Morgan fingerprint density at radius 2 is 2.07 bits per heavy atom. The van der Waals surface area contributed by atoms with Crippen LogP contribution in [0.15, 0.2) is 12.5 Å². The highest BCUT2D eigenvalue weighted by atomic mass is 15.3. The lowest BCUT2D eigenvalue weighted by molar-refractivity contribution is 0.911. The zero-order chi connectivity index (χ0) is 10.1. The van der Waals surface area contributed by atoms with Gasteiger partial charge in [0, 0.05) is 27.3 Å².